The van der Waals surface area contributed by atoms with Crippen LogP contribution in [0.25, 0.3) is 0 Å². The highest BCUT2D eigenvalue weighted by Crippen LogP contribution is 2.31. The van der Waals surface area contributed by atoms with E-state index in [1.807, 2.05) is 0 Å². The van der Waals surface area contributed by atoms with Gasteiger partial charge in [0.25, 0.3) is 0 Å². The van der Waals surface area contributed by atoms with Gasteiger partial charge < -0.3 is 30.7 Å². The van der Waals surface area contributed by atoms with Gasteiger partial charge >= 0.3 is 0 Å². The maximum absolute atomic E-state index is 11.9. The minimum absolute atomic E-state index is 0.00953. The molecule has 24 heavy (non-hydrogen) atoms. The van der Waals surface area contributed by atoms with Crippen LogP contribution in [0.15, 0.2) is 0 Å². The smallest absolute Gasteiger partial charge is 0.225 e. The molecule has 1 aliphatic rings. The van der Waals surface area contributed by atoms with Crippen LogP contribution in [-0.4, -0.2) is 57.1 Å². The maximum atomic E-state index is 11.9. The van der Waals surface area contributed by atoms with Crippen molar-refractivity contribution < 1.29 is 19.7 Å². The number of aromatic nitrogens is 2. The van der Waals surface area contributed by atoms with Crippen LogP contribution in [0.5, 0.6) is 0 Å². The van der Waals surface area contributed by atoms with Gasteiger partial charge in [-0.3, -0.25) is 0 Å². The molecule has 5 N–H and O–H groups in total. The molecule has 1 unspecified atom stereocenters. The van der Waals surface area contributed by atoms with Gasteiger partial charge in [0.05, 0.1) is 19.0 Å². The van der Waals surface area contributed by atoms with Crippen molar-refractivity contribution in [3.8, 4) is 0 Å². The SMILES string of the molecule is CC(C)([O-])[OH+]C1C[C@H](Nc2nc(Cl)nc(Cl)c2N)C[C@@H]1OCCO. The van der Waals surface area contributed by atoms with Gasteiger partial charge in [0.1, 0.15) is 11.8 Å². The van der Waals surface area contributed by atoms with Crippen molar-refractivity contribution in [1.82, 2.24) is 9.97 Å². The number of nitrogen functional groups attached to an aromatic ring is 1. The van der Waals surface area contributed by atoms with E-state index >= 15 is 0 Å². The van der Waals surface area contributed by atoms with Crippen molar-refractivity contribution in [3.05, 3.63) is 10.4 Å². The van der Waals surface area contributed by atoms with E-state index < -0.39 is 5.79 Å². The molecule has 0 amide bonds. The van der Waals surface area contributed by atoms with Crippen LogP contribution in [0.2, 0.25) is 10.4 Å². The lowest BCUT2D eigenvalue weighted by molar-refractivity contribution is -0.589. The Morgan fingerprint density at radius 1 is 1.42 bits per heavy atom. The second-order valence-electron chi connectivity index (χ2n) is 6.13. The molecule has 0 spiro atoms. The number of ether oxygens (including phenoxy) is 2. The lowest BCUT2D eigenvalue weighted by Crippen LogP contribution is -2.49. The molecule has 1 fully saturated rings. The third-order valence-corrected chi connectivity index (χ3v) is 4.04. The Morgan fingerprint density at radius 2 is 2.12 bits per heavy atom. The molecule has 0 bridgehead atoms. The first-order valence-corrected chi connectivity index (χ1v) is 8.35. The number of nitrogens with zero attached hydrogens (tertiary/aromatic N) is 2. The summed E-state index contributed by atoms with van der Waals surface area (Å²) in [7, 11) is 0. The van der Waals surface area contributed by atoms with E-state index in [9.17, 15) is 5.11 Å². The summed E-state index contributed by atoms with van der Waals surface area (Å²) in [5.74, 6) is -1.08. The summed E-state index contributed by atoms with van der Waals surface area (Å²) in [6, 6.07) is -0.0749. The summed E-state index contributed by atoms with van der Waals surface area (Å²) < 4.78 is 9.89. The van der Waals surface area contributed by atoms with E-state index in [-0.39, 0.29) is 47.6 Å². The number of aliphatic hydroxyl groups is 3. The molecule has 136 valence electrons. The van der Waals surface area contributed by atoms with Crippen molar-refractivity contribution >= 4 is 34.7 Å². The highest BCUT2D eigenvalue weighted by molar-refractivity contribution is 6.34. The lowest BCUT2D eigenvalue weighted by Gasteiger charge is -2.32. The van der Waals surface area contributed by atoms with Gasteiger partial charge in [-0.2, -0.15) is 4.98 Å². The molecule has 1 aromatic rings. The first-order valence-electron chi connectivity index (χ1n) is 7.59. The molecule has 0 radical (unpaired) electrons. The van der Waals surface area contributed by atoms with Gasteiger partial charge in [-0.15, -0.1) is 0 Å². The van der Waals surface area contributed by atoms with Crippen LogP contribution in [-0.2, 0) is 4.74 Å². The van der Waals surface area contributed by atoms with E-state index in [4.69, 9.17) is 38.8 Å². The van der Waals surface area contributed by atoms with Gasteiger partial charge in [-0.1, -0.05) is 11.6 Å². The molecule has 8 nitrogen and oxygen atoms in total. The lowest BCUT2D eigenvalue weighted by atomic mass is 10.2. The zero-order valence-corrected chi connectivity index (χ0v) is 15.0. The minimum Gasteiger partial charge on any atom is -0.786 e. The van der Waals surface area contributed by atoms with Crippen molar-refractivity contribution in [2.45, 2.75) is 50.7 Å². The Kier molecular flexibility index (Phi) is 6.46. The molecule has 1 heterocycles. The fourth-order valence-electron chi connectivity index (χ4n) is 2.73. The molecule has 10 heteroatoms. The summed E-state index contributed by atoms with van der Waals surface area (Å²) in [6.45, 7) is 3.10. The van der Waals surface area contributed by atoms with Crippen LogP contribution in [0.1, 0.15) is 26.7 Å². The van der Waals surface area contributed by atoms with Crippen LogP contribution >= 0.6 is 23.2 Å². The number of rotatable bonds is 7. The van der Waals surface area contributed by atoms with Gasteiger partial charge in [0, 0.05) is 18.9 Å². The Balaban J connectivity index is 2.09. The number of nitrogens with two attached hydrogens (primary N) is 1. The Labute approximate surface area is 150 Å². The van der Waals surface area contributed by atoms with E-state index in [1.54, 1.807) is 0 Å². The zero-order chi connectivity index (χ0) is 17.9. The molecule has 0 aromatic carbocycles. The highest BCUT2D eigenvalue weighted by atomic mass is 35.5. The first kappa shape index (κ1) is 19.4. The van der Waals surface area contributed by atoms with E-state index in [2.05, 4.69) is 20.0 Å². The third kappa shape index (κ3) is 5.30. The van der Waals surface area contributed by atoms with Crippen molar-refractivity contribution in [3.63, 3.8) is 0 Å². The summed E-state index contributed by atoms with van der Waals surface area (Å²) >= 11 is 11.7. The van der Waals surface area contributed by atoms with Gasteiger partial charge in [0.15, 0.2) is 17.1 Å². The van der Waals surface area contributed by atoms with Crippen LogP contribution in [0.3, 0.4) is 0 Å². The van der Waals surface area contributed by atoms with Gasteiger partial charge in [-0.25, -0.2) is 4.98 Å². The largest absolute Gasteiger partial charge is 0.786 e. The molecular formula is C14H22Cl2N4O4. The fourth-order valence-corrected chi connectivity index (χ4v) is 3.11. The average molecular weight is 381 g/mol. The molecule has 0 saturated heterocycles. The Bertz CT molecular complexity index is 570. The molecular weight excluding hydrogens is 359 g/mol. The minimum atomic E-state index is -1.42. The number of hydrogen-bond donors (Lipinski definition) is 3. The summed E-state index contributed by atoms with van der Waals surface area (Å²) in [5, 5.41) is 24.1. The number of halogens is 2. The van der Waals surface area contributed by atoms with Crippen molar-refractivity contribution in [1.29, 1.82) is 0 Å². The van der Waals surface area contributed by atoms with Crippen LogP contribution < -0.4 is 16.2 Å². The molecule has 3 atom stereocenters. The van der Waals surface area contributed by atoms with E-state index in [0.29, 0.717) is 18.7 Å². The fraction of sp³-hybridized carbons (Fsp3) is 0.714. The normalized spacial score (nSPS) is 24.3. The molecule has 1 aromatic heterocycles. The van der Waals surface area contributed by atoms with E-state index in [0.717, 1.165) is 0 Å². The molecule has 2 rings (SSSR count). The predicted octanol–water partition coefficient (Wildman–Crippen LogP) is 0.310. The molecule has 0 aliphatic heterocycles. The predicted molar refractivity (Wildman–Crippen MR) is 90.0 cm³/mol. The maximum Gasteiger partial charge on any atom is 0.225 e. The number of nitrogens with one attached hydrogen (secondary N) is 1. The quantitative estimate of drug-likeness (QED) is 0.268. The average Bonchev–Trinajstić information content (AvgIpc) is 2.81. The summed E-state index contributed by atoms with van der Waals surface area (Å²) in [6.07, 6.45) is 0.607. The number of hydrogen-bond acceptors (Lipinski definition) is 7. The first-order chi connectivity index (χ1) is 11.2. The zero-order valence-electron chi connectivity index (χ0n) is 13.5. The van der Waals surface area contributed by atoms with Crippen molar-refractivity contribution in [2.75, 3.05) is 24.3 Å². The Hall–Kier alpha value is -0.900. The second kappa shape index (κ2) is 7.99. The van der Waals surface area contributed by atoms with Crippen molar-refractivity contribution in [2.24, 2.45) is 0 Å². The van der Waals surface area contributed by atoms with E-state index in [1.165, 1.54) is 13.8 Å². The van der Waals surface area contributed by atoms with Crippen LogP contribution in [0.4, 0.5) is 11.5 Å². The van der Waals surface area contributed by atoms with Crippen LogP contribution in [0, 0.1) is 0 Å². The van der Waals surface area contributed by atoms with Gasteiger partial charge in [-0.05, 0) is 25.4 Å². The summed E-state index contributed by atoms with van der Waals surface area (Å²) in [4.78, 5) is 7.81. The monoisotopic (exact) mass is 380 g/mol. The third-order valence-electron chi connectivity index (χ3n) is 3.58. The summed E-state index contributed by atoms with van der Waals surface area (Å²) in [5.41, 5.74) is 6.07. The van der Waals surface area contributed by atoms with Gasteiger partial charge in [0.2, 0.25) is 5.28 Å². The molecule has 1 aliphatic carbocycles. The topological polar surface area (TPSA) is 129 Å². The Morgan fingerprint density at radius 3 is 2.75 bits per heavy atom. The highest BCUT2D eigenvalue weighted by Gasteiger charge is 2.41. The molecule has 1 saturated carbocycles. The number of anilines is 2. The standard InChI is InChI=1S/C14H21Cl2N4O4/c1-14(2,22)24-9-6-7(5-8(9)23-4-3-21)18-12-10(17)11(15)19-13(16)20-12/h7-9,21H,3-6,17H2,1-2H3,(H,18,19,20)/q-1/p+1/t7-,8+,9?/m1/s1. The second-order valence-corrected chi connectivity index (χ2v) is 6.83. The number of aliphatic hydroxyl groups excluding tert-OH is 1.